The van der Waals surface area contributed by atoms with Gasteiger partial charge in [-0.15, -0.1) is 0 Å². The molecule has 0 aliphatic rings. The van der Waals surface area contributed by atoms with Crippen LogP contribution in [0.25, 0.3) is 10.9 Å². The van der Waals surface area contributed by atoms with Gasteiger partial charge in [0.05, 0.1) is 15.2 Å². The maximum atomic E-state index is 12.3. The van der Waals surface area contributed by atoms with Crippen LogP contribution in [-0.4, -0.2) is 49.2 Å². The van der Waals surface area contributed by atoms with Crippen molar-refractivity contribution in [1.82, 2.24) is 9.29 Å². The molecule has 0 atom stereocenters. The molecule has 0 aliphatic carbocycles. The molecule has 0 bridgehead atoms. The van der Waals surface area contributed by atoms with E-state index in [1.807, 2.05) is 0 Å². The standard InChI is InChI=1S/C19H18N4O6S/c1-22(2)30(27,28)14-6-3-5-13(11-14)21-18(24)12-29-17-9-8-16(23(25)26)15-7-4-10-20-19(15)17/h3-11H,12H2,1-2H3,(H,21,24). The number of anilines is 1. The molecule has 1 aromatic heterocycles. The summed E-state index contributed by atoms with van der Waals surface area (Å²) in [7, 11) is -0.811. The fraction of sp³-hybridized carbons (Fsp3) is 0.158. The Morgan fingerprint density at radius 3 is 2.67 bits per heavy atom. The molecule has 2 aromatic carbocycles. The van der Waals surface area contributed by atoms with Crippen LogP contribution in [0.3, 0.4) is 0 Å². The summed E-state index contributed by atoms with van der Waals surface area (Å²) in [5.74, 6) is -0.313. The molecule has 0 unspecified atom stereocenters. The smallest absolute Gasteiger partial charge is 0.279 e. The molecule has 1 amide bonds. The third kappa shape index (κ3) is 4.36. The summed E-state index contributed by atoms with van der Waals surface area (Å²) in [6.07, 6.45) is 1.47. The molecule has 0 radical (unpaired) electrons. The van der Waals surface area contributed by atoms with E-state index in [-0.39, 0.29) is 21.8 Å². The number of aromatic nitrogens is 1. The van der Waals surface area contributed by atoms with E-state index in [4.69, 9.17) is 4.74 Å². The quantitative estimate of drug-likeness (QED) is 0.450. The first kappa shape index (κ1) is 21.1. The number of hydrogen-bond donors (Lipinski definition) is 1. The van der Waals surface area contributed by atoms with Crippen molar-refractivity contribution < 1.29 is 22.9 Å². The minimum Gasteiger partial charge on any atom is -0.481 e. The maximum absolute atomic E-state index is 12.3. The van der Waals surface area contributed by atoms with E-state index in [1.165, 1.54) is 50.6 Å². The van der Waals surface area contributed by atoms with Crippen LogP contribution in [0.15, 0.2) is 59.6 Å². The maximum Gasteiger partial charge on any atom is 0.279 e. The number of fused-ring (bicyclic) bond motifs is 1. The van der Waals surface area contributed by atoms with Crippen LogP contribution in [-0.2, 0) is 14.8 Å². The average molecular weight is 430 g/mol. The lowest BCUT2D eigenvalue weighted by molar-refractivity contribution is -0.383. The summed E-state index contributed by atoms with van der Waals surface area (Å²) in [4.78, 5) is 27.1. The van der Waals surface area contributed by atoms with Gasteiger partial charge in [0.1, 0.15) is 11.3 Å². The normalized spacial score (nSPS) is 11.4. The highest BCUT2D eigenvalue weighted by atomic mass is 32.2. The number of carbonyl (C=O) groups is 1. The van der Waals surface area contributed by atoms with Gasteiger partial charge in [-0.2, -0.15) is 0 Å². The number of pyridine rings is 1. The first-order valence-corrected chi connectivity index (χ1v) is 10.1. The van der Waals surface area contributed by atoms with Gasteiger partial charge in [0.15, 0.2) is 6.61 Å². The summed E-state index contributed by atoms with van der Waals surface area (Å²) < 4.78 is 31.0. The number of ether oxygens (including phenoxy) is 1. The molecule has 11 heteroatoms. The van der Waals surface area contributed by atoms with Gasteiger partial charge in [-0.25, -0.2) is 12.7 Å². The largest absolute Gasteiger partial charge is 0.481 e. The number of nitrogens with zero attached hydrogens (tertiary/aromatic N) is 3. The molecule has 0 aliphatic heterocycles. The minimum atomic E-state index is -3.64. The zero-order valence-electron chi connectivity index (χ0n) is 16.1. The van der Waals surface area contributed by atoms with E-state index in [1.54, 1.807) is 18.2 Å². The molecule has 30 heavy (non-hydrogen) atoms. The van der Waals surface area contributed by atoms with Crippen molar-refractivity contribution in [3.8, 4) is 5.75 Å². The Bertz CT molecular complexity index is 1230. The molecule has 156 valence electrons. The molecule has 0 saturated carbocycles. The monoisotopic (exact) mass is 430 g/mol. The molecular weight excluding hydrogens is 412 g/mol. The van der Waals surface area contributed by atoms with E-state index in [0.29, 0.717) is 11.1 Å². The van der Waals surface area contributed by atoms with Gasteiger partial charge in [-0.05, 0) is 36.4 Å². The Balaban J connectivity index is 1.75. The molecule has 1 N–H and O–H groups in total. The van der Waals surface area contributed by atoms with Crippen molar-refractivity contribution in [2.75, 3.05) is 26.0 Å². The molecule has 10 nitrogen and oxygen atoms in total. The highest BCUT2D eigenvalue weighted by molar-refractivity contribution is 7.89. The third-order valence-corrected chi connectivity index (χ3v) is 5.97. The Morgan fingerprint density at radius 2 is 1.97 bits per heavy atom. The van der Waals surface area contributed by atoms with Gasteiger partial charge in [0, 0.05) is 32.0 Å². The average Bonchev–Trinajstić information content (AvgIpc) is 2.71. The summed E-state index contributed by atoms with van der Waals surface area (Å²) in [6, 6.07) is 11.6. The van der Waals surface area contributed by atoms with Crippen molar-refractivity contribution in [2.24, 2.45) is 0 Å². The second kappa shape index (κ2) is 8.43. The van der Waals surface area contributed by atoms with E-state index >= 15 is 0 Å². The van der Waals surface area contributed by atoms with Crippen molar-refractivity contribution in [2.45, 2.75) is 4.90 Å². The van der Waals surface area contributed by atoms with E-state index in [0.717, 1.165) is 4.31 Å². The van der Waals surface area contributed by atoms with Crippen molar-refractivity contribution in [3.63, 3.8) is 0 Å². The first-order chi connectivity index (χ1) is 14.2. The highest BCUT2D eigenvalue weighted by Gasteiger charge is 2.18. The number of amides is 1. The number of sulfonamides is 1. The molecule has 0 saturated heterocycles. The predicted molar refractivity (Wildman–Crippen MR) is 110 cm³/mol. The lowest BCUT2D eigenvalue weighted by Crippen LogP contribution is -2.23. The Kier molecular flexibility index (Phi) is 5.94. The van der Waals surface area contributed by atoms with Crippen LogP contribution in [0.5, 0.6) is 5.75 Å². The van der Waals surface area contributed by atoms with Crippen LogP contribution in [0, 0.1) is 10.1 Å². The minimum absolute atomic E-state index is 0.0387. The summed E-state index contributed by atoms with van der Waals surface area (Å²) >= 11 is 0. The molecule has 3 rings (SSSR count). The number of nitrogens with one attached hydrogen (secondary N) is 1. The Labute approximate surface area is 172 Å². The topological polar surface area (TPSA) is 132 Å². The fourth-order valence-electron chi connectivity index (χ4n) is 2.69. The van der Waals surface area contributed by atoms with Gasteiger partial charge >= 0.3 is 0 Å². The number of nitro benzene ring substituents is 1. The lowest BCUT2D eigenvalue weighted by atomic mass is 10.1. The Morgan fingerprint density at radius 1 is 1.20 bits per heavy atom. The summed E-state index contributed by atoms with van der Waals surface area (Å²) in [5.41, 5.74) is 0.436. The number of nitro groups is 1. The number of rotatable bonds is 7. The Hall–Kier alpha value is -3.57. The third-order valence-electron chi connectivity index (χ3n) is 4.16. The zero-order valence-corrected chi connectivity index (χ0v) is 16.9. The molecule has 0 fully saturated rings. The summed E-state index contributed by atoms with van der Waals surface area (Å²) in [5, 5.41) is 14.0. The molecule has 3 aromatic rings. The van der Waals surface area contributed by atoms with Crippen molar-refractivity contribution >= 4 is 38.2 Å². The van der Waals surface area contributed by atoms with Gasteiger partial charge in [-0.1, -0.05) is 6.07 Å². The highest BCUT2D eigenvalue weighted by Crippen LogP contribution is 2.31. The van der Waals surface area contributed by atoms with E-state index in [2.05, 4.69) is 10.3 Å². The first-order valence-electron chi connectivity index (χ1n) is 8.67. The van der Waals surface area contributed by atoms with Crippen LogP contribution in [0.1, 0.15) is 0 Å². The van der Waals surface area contributed by atoms with Gasteiger partial charge < -0.3 is 10.1 Å². The van der Waals surface area contributed by atoms with Gasteiger partial charge in [0.2, 0.25) is 10.0 Å². The van der Waals surface area contributed by atoms with E-state index in [9.17, 15) is 23.3 Å². The van der Waals surface area contributed by atoms with Crippen LogP contribution < -0.4 is 10.1 Å². The number of hydrogen-bond acceptors (Lipinski definition) is 7. The predicted octanol–water partition coefficient (Wildman–Crippen LogP) is 2.41. The fourth-order valence-corrected chi connectivity index (χ4v) is 3.64. The molecule has 1 heterocycles. The van der Waals surface area contributed by atoms with Crippen molar-refractivity contribution in [1.29, 1.82) is 0 Å². The van der Waals surface area contributed by atoms with Crippen LogP contribution >= 0.6 is 0 Å². The molecular formula is C19H18N4O6S. The number of benzene rings is 2. The number of carbonyl (C=O) groups excluding carboxylic acids is 1. The zero-order chi connectivity index (χ0) is 21.9. The van der Waals surface area contributed by atoms with Crippen LogP contribution in [0.2, 0.25) is 0 Å². The second-order valence-electron chi connectivity index (χ2n) is 6.39. The lowest BCUT2D eigenvalue weighted by Gasteiger charge is -2.13. The summed E-state index contributed by atoms with van der Waals surface area (Å²) in [6.45, 7) is -0.395. The molecule has 0 spiro atoms. The van der Waals surface area contributed by atoms with Crippen LogP contribution in [0.4, 0.5) is 11.4 Å². The van der Waals surface area contributed by atoms with Crippen molar-refractivity contribution in [3.05, 3.63) is 64.8 Å². The van der Waals surface area contributed by atoms with Gasteiger partial charge in [0.25, 0.3) is 11.6 Å². The second-order valence-corrected chi connectivity index (χ2v) is 8.54. The number of non-ortho nitro benzene ring substituents is 1. The van der Waals surface area contributed by atoms with Gasteiger partial charge in [-0.3, -0.25) is 19.9 Å². The SMILES string of the molecule is CN(C)S(=O)(=O)c1cccc(NC(=O)COc2ccc([N+](=O)[O-])c3cccnc23)c1. The van der Waals surface area contributed by atoms with E-state index < -0.39 is 27.5 Å².